The Morgan fingerprint density at radius 1 is 1.07 bits per heavy atom. The van der Waals surface area contributed by atoms with Gasteiger partial charge in [0.1, 0.15) is 11.3 Å². The number of hydrogen-bond acceptors (Lipinski definition) is 7. The lowest BCUT2D eigenvalue weighted by Crippen LogP contribution is -2.37. The van der Waals surface area contributed by atoms with E-state index in [0.717, 1.165) is 57.1 Å². The van der Waals surface area contributed by atoms with E-state index in [-0.39, 0.29) is 11.0 Å². The Kier molecular flexibility index (Phi) is 8.92. The minimum atomic E-state index is -0.0172. The van der Waals surface area contributed by atoms with E-state index in [1.807, 2.05) is 18.5 Å². The van der Waals surface area contributed by atoms with Crippen molar-refractivity contribution in [2.45, 2.75) is 54.1 Å². The molecule has 5 rings (SSSR count). The summed E-state index contributed by atoms with van der Waals surface area (Å²) in [6.45, 7) is 17.7. The first kappa shape index (κ1) is 29.7. The molecule has 4 heterocycles. The first-order valence-corrected chi connectivity index (χ1v) is 15.1. The molecule has 0 saturated carbocycles. The number of fused-ring (bicyclic) bond motifs is 2. The molecule has 4 aromatic rings. The molecule has 0 spiro atoms. The molecule has 0 unspecified atom stereocenters. The molecule has 8 nitrogen and oxygen atoms in total. The van der Waals surface area contributed by atoms with Gasteiger partial charge in [-0.15, -0.1) is 0 Å². The summed E-state index contributed by atoms with van der Waals surface area (Å²) in [6.07, 6.45) is 6.13. The smallest absolute Gasteiger partial charge is 0.261 e. The van der Waals surface area contributed by atoms with E-state index < -0.39 is 0 Å². The van der Waals surface area contributed by atoms with E-state index in [1.165, 1.54) is 22.5 Å². The maximum atomic E-state index is 13.0. The third-order valence-corrected chi connectivity index (χ3v) is 8.39. The van der Waals surface area contributed by atoms with E-state index in [1.54, 1.807) is 16.9 Å². The molecule has 3 aromatic heterocycles. The predicted octanol–water partition coefficient (Wildman–Crippen LogP) is 5.88. The Morgan fingerprint density at radius 3 is 2.69 bits per heavy atom. The number of hydrogen-bond donors (Lipinski definition) is 0. The molecule has 8 heteroatoms. The number of anilines is 2. The van der Waals surface area contributed by atoms with Crippen molar-refractivity contribution in [3.63, 3.8) is 0 Å². The number of aromatic nitrogens is 2. The highest BCUT2D eigenvalue weighted by molar-refractivity contribution is 5.75. The Labute approximate surface area is 249 Å². The third kappa shape index (κ3) is 6.65. The lowest BCUT2D eigenvalue weighted by atomic mass is 9.92. The van der Waals surface area contributed by atoms with Crippen molar-refractivity contribution < 1.29 is 9.15 Å². The van der Waals surface area contributed by atoms with Crippen LogP contribution in [0.1, 0.15) is 44.0 Å². The van der Waals surface area contributed by atoms with Crippen molar-refractivity contribution in [3.05, 3.63) is 82.2 Å². The van der Waals surface area contributed by atoms with Crippen molar-refractivity contribution in [2.75, 3.05) is 56.2 Å². The summed E-state index contributed by atoms with van der Waals surface area (Å²) < 4.78 is 13.5. The SMILES string of the molecule is CCN1CC(C)(C)CN(C)c2cc(OCCCN(CCn3ccc4occc4c3=O)Cc3c(C)ccnc3C)ccc21. The number of nitrogens with zero attached hydrogens (tertiary/aromatic N) is 5. The van der Waals surface area contributed by atoms with Crippen LogP contribution in [0.3, 0.4) is 0 Å². The van der Waals surface area contributed by atoms with Gasteiger partial charge >= 0.3 is 0 Å². The van der Waals surface area contributed by atoms with Crippen LogP contribution in [0.2, 0.25) is 0 Å². The zero-order valence-corrected chi connectivity index (χ0v) is 26.0. The lowest BCUT2D eigenvalue weighted by molar-refractivity contribution is 0.220. The number of rotatable bonds is 11. The first-order chi connectivity index (χ1) is 20.1. The standard InChI is InChI=1S/C34H45N5O3/c1-7-38-24-34(4,5)23-36(6)31-21-27(9-10-30(31)38)41-19-8-15-37(22-29-25(2)11-14-35-26(29)3)17-18-39-16-12-32-28(33(39)40)13-20-42-32/h9-14,16,20-21H,7-8,15,17-19,22-24H2,1-6H3. The molecule has 0 aliphatic carbocycles. The quantitative estimate of drug-likeness (QED) is 0.208. The van der Waals surface area contributed by atoms with Crippen LogP contribution in [0.5, 0.6) is 5.75 Å². The third-order valence-electron chi connectivity index (χ3n) is 8.39. The zero-order chi connectivity index (χ0) is 29.9. The van der Waals surface area contributed by atoms with Crippen LogP contribution in [-0.4, -0.2) is 60.8 Å². The molecule has 0 radical (unpaired) electrons. The summed E-state index contributed by atoms with van der Waals surface area (Å²) in [5.74, 6) is 0.904. The fraction of sp³-hybridized carbons (Fsp3) is 0.471. The Balaban J connectivity index is 1.25. The molecular weight excluding hydrogens is 526 g/mol. The average molecular weight is 572 g/mol. The summed E-state index contributed by atoms with van der Waals surface area (Å²) in [5.41, 5.74) is 6.84. The largest absolute Gasteiger partial charge is 0.493 e. The summed E-state index contributed by atoms with van der Waals surface area (Å²) in [7, 11) is 2.18. The van der Waals surface area contributed by atoms with Gasteiger partial charge in [0.2, 0.25) is 0 Å². The maximum Gasteiger partial charge on any atom is 0.261 e. The van der Waals surface area contributed by atoms with Crippen molar-refractivity contribution in [2.24, 2.45) is 5.41 Å². The zero-order valence-electron chi connectivity index (χ0n) is 26.0. The van der Waals surface area contributed by atoms with Gasteiger partial charge in [-0.3, -0.25) is 14.7 Å². The van der Waals surface area contributed by atoms with Crippen LogP contribution in [0.15, 0.2) is 64.3 Å². The monoisotopic (exact) mass is 571 g/mol. The van der Waals surface area contributed by atoms with Crippen LogP contribution in [0.4, 0.5) is 11.4 Å². The predicted molar refractivity (Wildman–Crippen MR) is 171 cm³/mol. The second-order valence-corrected chi connectivity index (χ2v) is 12.4. The molecule has 0 saturated heterocycles. The van der Waals surface area contributed by atoms with Crippen LogP contribution >= 0.6 is 0 Å². The van der Waals surface area contributed by atoms with Crippen molar-refractivity contribution in [1.29, 1.82) is 0 Å². The first-order valence-electron chi connectivity index (χ1n) is 15.1. The summed E-state index contributed by atoms with van der Waals surface area (Å²) in [4.78, 5) is 24.7. The van der Waals surface area contributed by atoms with Crippen LogP contribution in [-0.2, 0) is 13.1 Å². The molecule has 1 aromatic carbocycles. The molecule has 224 valence electrons. The van der Waals surface area contributed by atoms with Crippen molar-refractivity contribution in [1.82, 2.24) is 14.5 Å². The van der Waals surface area contributed by atoms with Gasteiger partial charge in [0.15, 0.2) is 0 Å². The second-order valence-electron chi connectivity index (χ2n) is 12.4. The van der Waals surface area contributed by atoms with Crippen LogP contribution in [0.25, 0.3) is 11.0 Å². The number of benzene rings is 1. The second kappa shape index (κ2) is 12.6. The number of aryl methyl sites for hydroxylation is 2. The highest BCUT2D eigenvalue weighted by atomic mass is 16.5. The normalized spacial score (nSPS) is 14.8. The Bertz CT molecular complexity index is 1550. The van der Waals surface area contributed by atoms with E-state index in [2.05, 4.69) is 85.6 Å². The molecule has 0 atom stereocenters. The van der Waals surface area contributed by atoms with E-state index >= 15 is 0 Å². The van der Waals surface area contributed by atoms with Gasteiger partial charge in [-0.1, -0.05) is 13.8 Å². The summed E-state index contributed by atoms with van der Waals surface area (Å²) >= 11 is 0. The molecule has 0 amide bonds. The van der Waals surface area contributed by atoms with Gasteiger partial charge in [-0.2, -0.15) is 0 Å². The van der Waals surface area contributed by atoms with E-state index in [0.29, 0.717) is 24.1 Å². The van der Waals surface area contributed by atoms with Crippen molar-refractivity contribution in [3.8, 4) is 5.75 Å². The van der Waals surface area contributed by atoms with Gasteiger partial charge in [0.05, 0.1) is 29.6 Å². The van der Waals surface area contributed by atoms with Crippen molar-refractivity contribution >= 4 is 22.3 Å². The molecule has 1 aliphatic rings. The summed E-state index contributed by atoms with van der Waals surface area (Å²) in [5, 5.41) is 0.619. The minimum absolute atomic E-state index is 0.0172. The molecule has 1 aliphatic heterocycles. The van der Waals surface area contributed by atoms with Gasteiger partial charge in [0, 0.05) is 77.0 Å². The number of ether oxygens (including phenoxy) is 1. The topological polar surface area (TPSA) is 67.0 Å². The molecular formula is C34H45N5O3. The molecule has 0 fully saturated rings. The fourth-order valence-electron chi connectivity index (χ4n) is 6.19. The van der Waals surface area contributed by atoms with E-state index in [4.69, 9.17) is 9.15 Å². The molecule has 0 N–H and O–H groups in total. The minimum Gasteiger partial charge on any atom is -0.493 e. The maximum absolute atomic E-state index is 13.0. The number of pyridine rings is 2. The Morgan fingerprint density at radius 2 is 1.90 bits per heavy atom. The number of furan rings is 1. The van der Waals surface area contributed by atoms with Gasteiger partial charge in [-0.25, -0.2) is 0 Å². The van der Waals surface area contributed by atoms with Gasteiger partial charge in [-0.05, 0) is 74.1 Å². The fourth-order valence-corrected chi connectivity index (χ4v) is 6.19. The highest BCUT2D eigenvalue weighted by Crippen LogP contribution is 2.38. The highest BCUT2D eigenvalue weighted by Gasteiger charge is 2.29. The van der Waals surface area contributed by atoms with E-state index in [9.17, 15) is 4.79 Å². The van der Waals surface area contributed by atoms with Gasteiger partial charge < -0.3 is 23.5 Å². The molecule has 42 heavy (non-hydrogen) atoms. The van der Waals surface area contributed by atoms with Crippen LogP contribution in [0, 0.1) is 19.3 Å². The average Bonchev–Trinajstić information content (AvgIpc) is 3.41. The Hall–Kier alpha value is -3.78. The lowest BCUT2D eigenvalue weighted by Gasteiger charge is -2.30. The molecule has 0 bridgehead atoms. The van der Waals surface area contributed by atoms with Gasteiger partial charge in [0.25, 0.3) is 5.56 Å². The summed E-state index contributed by atoms with van der Waals surface area (Å²) in [6, 6.07) is 12.2. The van der Waals surface area contributed by atoms with Crippen LogP contribution < -0.4 is 20.1 Å².